The summed E-state index contributed by atoms with van der Waals surface area (Å²) in [5, 5.41) is 10.9. The number of nitrogens with zero attached hydrogens (tertiary/aromatic N) is 1. The molecule has 0 fully saturated rings. The van der Waals surface area contributed by atoms with Crippen molar-refractivity contribution in [3.63, 3.8) is 0 Å². The Morgan fingerprint density at radius 2 is 1.55 bits per heavy atom. The number of carbonyl (C=O) groups excluding carboxylic acids is 1. The summed E-state index contributed by atoms with van der Waals surface area (Å²) >= 11 is 0. The zero-order chi connectivity index (χ0) is 20.6. The van der Waals surface area contributed by atoms with Gasteiger partial charge in [0.15, 0.2) is 5.78 Å². The Bertz CT molecular complexity index is 1050. The molecule has 0 saturated heterocycles. The Balaban J connectivity index is 1.96. The summed E-state index contributed by atoms with van der Waals surface area (Å²) in [5.74, 6) is 0.514. The number of hydrogen-bond acceptors (Lipinski definition) is 4. The fourth-order valence-corrected chi connectivity index (χ4v) is 2.72. The van der Waals surface area contributed by atoms with Gasteiger partial charge in [-0.05, 0) is 53.6 Å². The molecule has 0 unspecified atom stereocenters. The van der Waals surface area contributed by atoms with E-state index in [1.165, 1.54) is 12.1 Å². The predicted molar refractivity (Wildman–Crippen MR) is 114 cm³/mol. The SMILES string of the molecule is COc1ccc(C(=O)C(=Cc2ccc([N+](=O)[O-])cc2)/C=C/c2ccccc2)cc1. The molecule has 0 aliphatic carbocycles. The first kappa shape index (κ1) is 19.8. The van der Waals surface area contributed by atoms with Crippen LogP contribution in [0.4, 0.5) is 5.69 Å². The van der Waals surface area contributed by atoms with Crippen molar-refractivity contribution in [2.24, 2.45) is 0 Å². The third-order valence-corrected chi connectivity index (χ3v) is 4.30. The maximum absolute atomic E-state index is 13.1. The van der Waals surface area contributed by atoms with Crippen molar-refractivity contribution >= 4 is 23.6 Å². The van der Waals surface area contributed by atoms with Crippen LogP contribution in [0.25, 0.3) is 12.2 Å². The number of nitro benzene ring substituents is 1. The van der Waals surface area contributed by atoms with E-state index in [1.807, 2.05) is 36.4 Å². The molecule has 3 rings (SSSR count). The molecular weight excluding hydrogens is 366 g/mol. The second kappa shape index (κ2) is 9.28. The molecule has 0 atom stereocenters. The van der Waals surface area contributed by atoms with Crippen LogP contribution in [0.2, 0.25) is 0 Å². The maximum Gasteiger partial charge on any atom is 0.269 e. The zero-order valence-electron chi connectivity index (χ0n) is 15.8. The molecule has 0 aliphatic heterocycles. The van der Waals surface area contributed by atoms with Gasteiger partial charge in [-0.3, -0.25) is 14.9 Å². The Morgan fingerprint density at radius 1 is 0.897 bits per heavy atom. The van der Waals surface area contributed by atoms with Gasteiger partial charge >= 0.3 is 0 Å². The molecule has 144 valence electrons. The highest BCUT2D eigenvalue weighted by molar-refractivity contribution is 6.13. The third-order valence-electron chi connectivity index (χ3n) is 4.30. The van der Waals surface area contributed by atoms with Crippen LogP contribution in [0.5, 0.6) is 5.75 Å². The predicted octanol–water partition coefficient (Wildman–Crippen LogP) is 5.58. The molecule has 0 bridgehead atoms. The van der Waals surface area contributed by atoms with E-state index >= 15 is 0 Å². The molecule has 0 spiro atoms. The van der Waals surface area contributed by atoms with E-state index in [-0.39, 0.29) is 11.5 Å². The number of non-ortho nitro benzene ring substituents is 1. The summed E-state index contributed by atoms with van der Waals surface area (Å²) in [7, 11) is 1.57. The van der Waals surface area contributed by atoms with Crippen molar-refractivity contribution in [1.29, 1.82) is 0 Å². The number of hydrogen-bond donors (Lipinski definition) is 0. The monoisotopic (exact) mass is 385 g/mol. The molecule has 5 nitrogen and oxygen atoms in total. The van der Waals surface area contributed by atoms with Crippen molar-refractivity contribution < 1.29 is 14.5 Å². The van der Waals surface area contributed by atoms with E-state index < -0.39 is 4.92 Å². The molecule has 5 heteroatoms. The summed E-state index contributed by atoms with van der Waals surface area (Å²) in [6.45, 7) is 0. The number of Topliss-reactive ketones (excluding diaryl/α,β-unsaturated/α-hetero) is 1. The van der Waals surface area contributed by atoms with Gasteiger partial charge in [0.05, 0.1) is 12.0 Å². The summed E-state index contributed by atoms with van der Waals surface area (Å²) in [6, 6.07) is 22.6. The van der Waals surface area contributed by atoms with Gasteiger partial charge in [-0.1, -0.05) is 42.5 Å². The third kappa shape index (κ3) is 5.26. The number of allylic oxidation sites excluding steroid dienone is 2. The van der Waals surface area contributed by atoms with Crippen LogP contribution in [0.3, 0.4) is 0 Å². The quantitative estimate of drug-likeness (QED) is 0.175. The molecule has 0 saturated carbocycles. The lowest BCUT2D eigenvalue weighted by atomic mass is 9.99. The average molecular weight is 385 g/mol. The Morgan fingerprint density at radius 3 is 2.14 bits per heavy atom. The molecule has 0 amide bonds. The number of ether oxygens (including phenoxy) is 1. The first-order valence-corrected chi connectivity index (χ1v) is 8.95. The van der Waals surface area contributed by atoms with Gasteiger partial charge in [-0.25, -0.2) is 0 Å². The summed E-state index contributed by atoms with van der Waals surface area (Å²) in [4.78, 5) is 23.5. The summed E-state index contributed by atoms with van der Waals surface area (Å²) in [6.07, 6.45) is 5.33. The van der Waals surface area contributed by atoms with Gasteiger partial charge < -0.3 is 4.74 Å². The largest absolute Gasteiger partial charge is 0.497 e. The molecule has 0 aromatic heterocycles. The van der Waals surface area contributed by atoms with Gasteiger partial charge in [0, 0.05) is 23.3 Å². The Kier molecular flexibility index (Phi) is 6.32. The van der Waals surface area contributed by atoms with E-state index in [4.69, 9.17) is 4.74 Å². The van der Waals surface area contributed by atoms with Crippen molar-refractivity contribution in [1.82, 2.24) is 0 Å². The zero-order valence-corrected chi connectivity index (χ0v) is 15.8. The van der Waals surface area contributed by atoms with Crippen molar-refractivity contribution in [2.45, 2.75) is 0 Å². The second-order valence-corrected chi connectivity index (χ2v) is 6.25. The standard InChI is InChI=1S/C24H19NO4/c1-29-23-15-11-20(12-16-23)24(26)21(10-7-18-5-3-2-4-6-18)17-19-8-13-22(14-9-19)25(27)28/h2-17H,1H3/b10-7+,21-17?. The van der Waals surface area contributed by atoms with Gasteiger partial charge in [-0.2, -0.15) is 0 Å². The number of ketones is 1. The number of benzene rings is 3. The van der Waals surface area contributed by atoms with Crippen LogP contribution >= 0.6 is 0 Å². The normalized spacial score (nSPS) is 11.4. The Labute approximate surface area is 168 Å². The lowest BCUT2D eigenvalue weighted by Gasteiger charge is -2.05. The smallest absolute Gasteiger partial charge is 0.269 e. The minimum Gasteiger partial charge on any atom is -0.497 e. The van der Waals surface area contributed by atoms with E-state index in [1.54, 1.807) is 55.7 Å². The average Bonchev–Trinajstić information content (AvgIpc) is 2.77. The van der Waals surface area contributed by atoms with Gasteiger partial charge in [0.25, 0.3) is 5.69 Å². The van der Waals surface area contributed by atoms with E-state index in [0.29, 0.717) is 22.4 Å². The fourth-order valence-electron chi connectivity index (χ4n) is 2.72. The second-order valence-electron chi connectivity index (χ2n) is 6.25. The van der Waals surface area contributed by atoms with Crippen LogP contribution in [0.1, 0.15) is 21.5 Å². The van der Waals surface area contributed by atoms with Crippen molar-refractivity contribution in [3.8, 4) is 5.75 Å². The number of rotatable bonds is 7. The summed E-state index contributed by atoms with van der Waals surface area (Å²) in [5.41, 5.74) is 2.66. The van der Waals surface area contributed by atoms with Gasteiger partial charge in [-0.15, -0.1) is 0 Å². The number of nitro groups is 1. The minimum absolute atomic E-state index is 0.00464. The highest BCUT2D eigenvalue weighted by Gasteiger charge is 2.11. The molecule has 3 aromatic carbocycles. The van der Waals surface area contributed by atoms with Crippen molar-refractivity contribution in [3.05, 3.63) is 117 Å². The van der Waals surface area contributed by atoms with E-state index in [2.05, 4.69) is 0 Å². The maximum atomic E-state index is 13.1. The van der Waals surface area contributed by atoms with Crippen LogP contribution in [-0.2, 0) is 0 Å². The first-order chi connectivity index (χ1) is 14.1. The lowest BCUT2D eigenvalue weighted by Crippen LogP contribution is -2.01. The number of methoxy groups -OCH3 is 1. The van der Waals surface area contributed by atoms with Crippen LogP contribution < -0.4 is 4.74 Å². The fraction of sp³-hybridized carbons (Fsp3) is 0.0417. The van der Waals surface area contributed by atoms with Crippen molar-refractivity contribution in [2.75, 3.05) is 7.11 Å². The van der Waals surface area contributed by atoms with E-state index in [0.717, 1.165) is 5.56 Å². The van der Waals surface area contributed by atoms with Gasteiger partial charge in [0.1, 0.15) is 5.75 Å². The molecule has 0 aliphatic rings. The molecular formula is C24H19NO4. The van der Waals surface area contributed by atoms with Crippen LogP contribution in [0.15, 0.2) is 90.5 Å². The molecule has 0 N–H and O–H groups in total. The highest BCUT2D eigenvalue weighted by Crippen LogP contribution is 2.20. The molecule has 0 radical (unpaired) electrons. The molecule has 3 aromatic rings. The first-order valence-electron chi connectivity index (χ1n) is 8.95. The summed E-state index contributed by atoms with van der Waals surface area (Å²) < 4.78 is 5.15. The van der Waals surface area contributed by atoms with E-state index in [9.17, 15) is 14.9 Å². The minimum atomic E-state index is -0.452. The van der Waals surface area contributed by atoms with Gasteiger partial charge in [0.2, 0.25) is 0 Å². The van der Waals surface area contributed by atoms with Crippen LogP contribution in [-0.4, -0.2) is 17.8 Å². The molecule has 0 heterocycles. The topological polar surface area (TPSA) is 69.4 Å². The number of carbonyl (C=O) groups is 1. The highest BCUT2D eigenvalue weighted by atomic mass is 16.6. The molecule has 29 heavy (non-hydrogen) atoms. The Hall–Kier alpha value is -3.99. The van der Waals surface area contributed by atoms with Crippen LogP contribution in [0, 0.1) is 10.1 Å². The lowest BCUT2D eigenvalue weighted by molar-refractivity contribution is -0.384.